The fourth-order valence-electron chi connectivity index (χ4n) is 2.53. The number of fused-ring (bicyclic) bond motifs is 1. The molecular formula is C17H19NO2. The van der Waals surface area contributed by atoms with Gasteiger partial charge in [-0.15, -0.1) is 0 Å². The van der Waals surface area contributed by atoms with E-state index in [1.54, 1.807) is 0 Å². The van der Waals surface area contributed by atoms with Gasteiger partial charge >= 0.3 is 0 Å². The van der Waals surface area contributed by atoms with Crippen molar-refractivity contribution >= 4 is 0 Å². The summed E-state index contributed by atoms with van der Waals surface area (Å²) >= 11 is 0. The molecule has 0 fully saturated rings. The van der Waals surface area contributed by atoms with Crippen LogP contribution in [0.5, 0.6) is 11.5 Å². The zero-order valence-corrected chi connectivity index (χ0v) is 11.6. The maximum atomic E-state index is 5.47. The van der Waals surface area contributed by atoms with Gasteiger partial charge in [-0.25, -0.2) is 0 Å². The summed E-state index contributed by atoms with van der Waals surface area (Å²) in [7, 11) is 0. The van der Waals surface area contributed by atoms with Crippen molar-refractivity contribution in [2.75, 3.05) is 13.3 Å². The van der Waals surface area contributed by atoms with Gasteiger partial charge in [-0.3, -0.25) is 0 Å². The Bertz CT molecular complexity index is 568. The molecule has 104 valence electrons. The van der Waals surface area contributed by atoms with Gasteiger partial charge in [-0.2, -0.15) is 0 Å². The molecule has 0 aliphatic carbocycles. The molecular weight excluding hydrogens is 250 g/mol. The number of hydrogen-bond donors (Lipinski definition) is 1. The Morgan fingerprint density at radius 2 is 1.85 bits per heavy atom. The highest BCUT2D eigenvalue weighted by molar-refractivity contribution is 5.45. The van der Waals surface area contributed by atoms with Crippen LogP contribution in [0.4, 0.5) is 0 Å². The molecule has 1 heterocycles. The highest BCUT2D eigenvalue weighted by Gasteiger charge is 2.17. The molecule has 0 saturated heterocycles. The standard InChI is InChI=1S/C17H19NO2/c1-2-18-15(10-13-6-4-3-5-7-13)14-8-9-16-17(11-14)20-12-19-16/h3-9,11,15,18H,2,10,12H2,1H3. The number of benzene rings is 2. The largest absolute Gasteiger partial charge is 0.454 e. The molecule has 1 aliphatic rings. The quantitative estimate of drug-likeness (QED) is 0.903. The lowest BCUT2D eigenvalue weighted by Gasteiger charge is -2.19. The van der Waals surface area contributed by atoms with Crippen molar-refractivity contribution < 1.29 is 9.47 Å². The Kier molecular flexibility index (Phi) is 3.88. The van der Waals surface area contributed by atoms with Gasteiger partial charge in [0.1, 0.15) is 0 Å². The molecule has 20 heavy (non-hydrogen) atoms. The fourth-order valence-corrected chi connectivity index (χ4v) is 2.53. The van der Waals surface area contributed by atoms with Gasteiger partial charge in [-0.05, 0) is 36.2 Å². The molecule has 2 aromatic rings. The van der Waals surface area contributed by atoms with Gasteiger partial charge in [0.05, 0.1) is 0 Å². The van der Waals surface area contributed by atoms with E-state index in [0.29, 0.717) is 6.79 Å². The zero-order chi connectivity index (χ0) is 13.8. The molecule has 2 aromatic carbocycles. The lowest BCUT2D eigenvalue weighted by atomic mass is 9.98. The molecule has 0 bridgehead atoms. The van der Waals surface area contributed by atoms with E-state index in [2.05, 4.69) is 48.6 Å². The van der Waals surface area contributed by atoms with Gasteiger partial charge in [0.15, 0.2) is 11.5 Å². The first-order chi connectivity index (χ1) is 9.86. The molecule has 0 aromatic heterocycles. The smallest absolute Gasteiger partial charge is 0.231 e. The van der Waals surface area contributed by atoms with Crippen molar-refractivity contribution in [2.24, 2.45) is 0 Å². The Balaban J connectivity index is 1.83. The van der Waals surface area contributed by atoms with E-state index in [1.807, 2.05) is 12.1 Å². The Morgan fingerprint density at radius 1 is 1.05 bits per heavy atom. The molecule has 0 amide bonds. The molecule has 1 aliphatic heterocycles. The van der Waals surface area contributed by atoms with Crippen LogP contribution in [0.3, 0.4) is 0 Å². The molecule has 3 nitrogen and oxygen atoms in total. The van der Waals surface area contributed by atoms with Crippen LogP contribution in [-0.2, 0) is 6.42 Å². The van der Waals surface area contributed by atoms with Crippen molar-refractivity contribution in [2.45, 2.75) is 19.4 Å². The molecule has 1 unspecified atom stereocenters. The number of hydrogen-bond acceptors (Lipinski definition) is 3. The van der Waals surface area contributed by atoms with E-state index in [9.17, 15) is 0 Å². The second-order valence-electron chi connectivity index (χ2n) is 4.91. The van der Waals surface area contributed by atoms with E-state index in [-0.39, 0.29) is 6.04 Å². The summed E-state index contributed by atoms with van der Waals surface area (Å²) in [5.74, 6) is 1.68. The molecule has 0 saturated carbocycles. The second kappa shape index (κ2) is 5.97. The van der Waals surface area contributed by atoms with Crippen LogP contribution in [-0.4, -0.2) is 13.3 Å². The van der Waals surface area contributed by atoms with Gasteiger partial charge in [0.25, 0.3) is 0 Å². The van der Waals surface area contributed by atoms with Crippen molar-refractivity contribution in [3.05, 3.63) is 59.7 Å². The van der Waals surface area contributed by atoms with Crippen molar-refractivity contribution in [1.82, 2.24) is 5.32 Å². The van der Waals surface area contributed by atoms with Crippen LogP contribution in [0.1, 0.15) is 24.1 Å². The van der Waals surface area contributed by atoms with E-state index >= 15 is 0 Å². The topological polar surface area (TPSA) is 30.5 Å². The Labute approximate surface area is 119 Å². The van der Waals surface area contributed by atoms with Gasteiger partial charge in [-0.1, -0.05) is 43.3 Å². The van der Waals surface area contributed by atoms with E-state index in [0.717, 1.165) is 24.5 Å². The first kappa shape index (κ1) is 13.0. The summed E-state index contributed by atoms with van der Waals surface area (Å²) in [6, 6.07) is 17.0. The lowest BCUT2D eigenvalue weighted by molar-refractivity contribution is 0.174. The van der Waals surface area contributed by atoms with E-state index in [4.69, 9.17) is 9.47 Å². The molecule has 0 radical (unpaired) electrons. The van der Waals surface area contributed by atoms with Crippen LogP contribution in [0.25, 0.3) is 0 Å². The first-order valence-electron chi connectivity index (χ1n) is 7.03. The lowest BCUT2D eigenvalue weighted by Crippen LogP contribution is -2.22. The van der Waals surface area contributed by atoms with Crippen LogP contribution < -0.4 is 14.8 Å². The SMILES string of the molecule is CCNC(Cc1ccccc1)c1ccc2c(c1)OCO2. The minimum Gasteiger partial charge on any atom is -0.454 e. The summed E-state index contributed by atoms with van der Waals surface area (Å²) < 4.78 is 10.8. The van der Waals surface area contributed by atoms with Gasteiger partial charge in [0, 0.05) is 6.04 Å². The van der Waals surface area contributed by atoms with Crippen LogP contribution >= 0.6 is 0 Å². The van der Waals surface area contributed by atoms with Crippen molar-refractivity contribution in [1.29, 1.82) is 0 Å². The third kappa shape index (κ3) is 2.78. The minimum atomic E-state index is 0.289. The minimum absolute atomic E-state index is 0.289. The predicted molar refractivity (Wildman–Crippen MR) is 79.1 cm³/mol. The summed E-state index contributed by atoms with van der Waals surface area (Å²) in [5.41, 5.74) is 2.57. The summed E-state index contributed by atoms with van der Waals surface area (Å²) in [4.78, 5) is 0. The fraction of sp³-hybridized carbons (Fsp3) is 0.294. The average Bonchev–Trinajstić information content (AvgIpc) is 2.95. The number of likely N-dealkylation sites (N-methyl/N-ethyl adjacent to an activating group) is 1. The molecule has 0 spiro atoms. The predicted octanol–water partition coefficient (Wildman–Crippen LogP) is 3.31. The van der Waals surface area contributed by atoms with Gasteiger partial charge < -0.3 is 14.8 Å². The van der Waals surface area contributed by atoms with Gasteiger partial charge in [0.2, 0.25) is 6.79 Å². The van der Waals surface area contributed by atoms with Crippen molar-refractivity contribution in [3.8, 4) is 11.5 Å². The zero-order valence-electron chi connectivity index (χ0n) is 11.6. The molecule has 3 heteroatoms. The third-order valence-electron chi connectivity index (χ3n) is 3.53. The highest BCUT2D eigenvalue weighted by Crippen LogP contribution is 2.34. The average molecular weight is 269 g/mol. The highest BCUT2D eigenvalue weighted by atomic mass is 16.7. The second-order valence-corrected chi connectivity index (χ2v) is 4.91. The summed E-state index contributed by atoms with van der Waals surface area (Å²) in [6.45, 7) is 3.39. The molecule has 1 atom stereocenters. The van der Waals surface area contributed by atoms with E-state index in [1.165, 1.54) is 11.1 Å². The maximum Gasteiger partial charge on any atom is 0.231 e. The van der Waals surface area contributed by atoms with Crippen LogP contribution in [0, 0.1) is 0 Å². The Morgan fingerprint density at radius 3 is 2.65 bits per heavy atom. The maximum absolute atomic E-state index is 5.47. The molecule has 3 rings (SSSR count). The van der Waals surface area contributed by atoms with Crippen LogP contribution in [0.15, 0.2) is 48.5 Å². The third-order valence-corrected chi connectivity index (χ3v) is 3.53. The number of rotatable bonds is 5. The summed E-state index contributed by atoms with van der Waals surface area (Å²) in [5, 5.41) is 3.54. The first-order valence-corrected chi connectivity index (χ1v) is 7.03. The summed E-state index contributed by atoms with van der Waals surface area (Å²) in [6.07, 6.45) is 0.967. The monoisotopic (exact) mass is 269 g/mol. The van der Waals surface area contributed by atoms with E-state index < -0.39 is 0 Å². The number of ether oxygens (including phenoxy) is 2. The molecule has 1 N–H and O–H groups in total. The normalized spacial score (nSPS) is 14.2. The Hall–Kier alpha value is -2.00. The number of nitrogens with one attached hydrogen (secondary N) is 1. The van der Waals surface area contributed by atoms with Crippen LogP contribution in [0.2, 0.25) is 0 Å². The van der Waals surface area contributed by atoms with Crippen molar-refractivity contribution in [3.63, 3.8) is 0 Å².